The molecule has 3 aromatic rings. The van der Waals surface area contributed by atoms with Crippen LogP contribution in [0, 0.1) is 17.8 Å². The van der Waals surface area contributed by atoms with E-state index in [1.54, 1.807) is 0 Å². The third kappa shape index (κ3) is 2.49. The van der Waals surface area contributed by atoms with Crippen LogP contribution in [0.1, 0.15) is 51.0 Å². The van der Waals surface area contributed by atoms with Gasteiger partial charge in [-0.25, -0.2) is 0 Å². The van der Waals surface area contributed by atoms with Crippen molar-refractivity contribution in [2.45, 2.75) is 64.1 Å². The van der Waals surface area contributed by atoms with Crippen LogP contribution >= 0.6 is 0 Å². The van der Waals surface area contributed by atoms with Gasteiger partial charge in [-0.3, -0.25) is 0 Å². The van der Waals surface area contributed by atoms with Crippen molar-refractivity contribution < 1.29 is 5.32 Å². The monoisotopic (exact) mass is 359 g/mol. The fourth-order valence-electron chi connectivity index (χ4n) is 7.33. The van der Waals surface area contributed by atoms with Crippen molar-refractivity contribution in [3.8, 4) is 0 Å². The fraction of sp³-hybridized carbons (Fsp3) is 0.520. The maximum absolute atomic E-state index is 2.75. The summed E-state index contributed by atoms with van der Waals surface area (Å²) in [5.41, 5.74) is 4.83. The van der Waals surface area contributed by atoms with Gasteiger partial charge in [-0.05, 0) is 62.1 Å². The first kappa shape index (κ1) is 16.2. The Kier molecular flexibility index (Phi) is 3.50. The number of para-hydroxylation sites is 1. The number of aryl methyl sites for hydroxylation is 1. The lowest BCUT2D eigenvalue weighted by Crippen LogP contribution is -2.97. The third-order valence-corrected chi connectivity index (χ3v) is 8.01. The van der Waals surface area contributed by atoms with Crippen molar-refractivity contribution in [3.63, 3.8) is 0 Å². The Balaban J connectivity index is 1.32. The smallest absolute Gasteiger partial charge is 0.102 e. The first-order chi connectivity index (χ1) is 13.2. The topological polar surface area (TPSA) is 21.5 Å². The number of rotatable bonds is 4. The lowest BCUT2D eigenvalue weighted by atomic mass is 9.53. The number of nitrogens with two attached hydrogens (primary N) is 1. The molecule has 0 radical (unpaired) electrons. The molecule has 0 unspecified atom stereocenters. The highest BCUT2D eigenvalue weighted by atomic mass is 15.0. The number of nitrogens with zero attached hydrogens (tertiary/aromatic N) is 1. The predicted molar refractivity (Wildman–Crippen MR) is 112 cm³/mol. The number of hydrogen-bond acceptors (Lipinski definition) is 0. The van der Waals surface area contributed by atoms with E-state index in [1.165, 1.54) is 65.9 Å². The molecular formula is C25H31N2+. The zero-order valence-corrected chi connectivity index (χ0v) is 16.5. The minimum atomic E-state index is 0.571. The quantitative estimate of drug-likeness (QED) is 0.688. The fourth-order valence-corrected chi connectivity index (χ4v) is 7.33. The molecule has 1 aromatic heterocycles. The van der Waals surface area contributed by atoms with Gasteiger partial charge in [0, 0.05) is 53.2 Å². The molecule has 27 heavy (non-hydrogen) atoms. The van der Waals surface area contributed by atoms with E-state index in [0.29, 0.717) is 5.54 Å². The Bertz CT molecular complexity index is 976. The Hall–Kier alpha value is -1.80. The Labute approximate surface area is 161 Å². The van der Waals surface area contributed by atoms with Crippen LogP contribution in [-0.4, -0.2) is 10.1 Å². The summed E-state index contributed by atoms with van der Waals surface area (Å²) in [5.74, 6) is 3.12. The molecule has 0 spiro atoms. The number of fused-ring (bicyclic) bond motifs is 3. The van der Waals surface area contributed by atoms with E-state index in [4.69, 9.17) is 0 Å². The predicted octanol–water partition coefficient (Wildman–Crippen LogP) is 4.85. The van der Waals surface area contributed by atoms with E-state index in [-0.39, 0.29) is 0 Å². The zero-order valence-electron chi connectivity index (χ0n) is 16.5. The number of benzene rings is 2. The van der Waals surface area contributed by atoms with E-state index in [0.717, 1.165) is 30.8 Å². The molecule has 4 aliphatic rings. The zero-order chi connectivity index (χ0) is 18.0. The molecule has 2 N–H and O–H groups in total. The second kappa shape index (κ2) is 5.85. The second-order valence-electron chi connectivity index (χ2n) is 9.80. The van der Waals surface area contributed by atoms with Crippen molar-refractivity contribution in [1.82, 2.24) is 4.57 Å². The molecule has 7 rings (SSSR count). The van der Waals surface area contributed by atoms with Crippen LogP contribution < -0.4 is 5.32 Å². The lowest BCUT2D eigenvalue weighted by molar-refractivity contribution is -0.752. The maximum atomic E-state index is 2.75. The molecule has 140 valence electrons. The van der Waals surface area contributed by atoms with Crippen molar-refractivity contribution >= 4 is 21.8 Å². The highest BCUT2D eigenvalue weighted by Gasteiger charge is 2.53. The summed E-state index contributed by atoms with van der Waals surface area (Å²) in [7, 11) is 0. The average Bonchev–Trinajstić information content (AvgIpc) is 2.98. The Morgan fingerprint density at radius 2 is 1.56 bits per heavy atom. The van der Waals surface area contributed by atoms with Gasteiger partial charge in [0.15, 0.2) is 0 Å². The average molecular weight is 360 g/mol. The van der Waals surface area contributed by atoms with E-state index in [9.17, 15) is 0 Å². The minimum Gasteiger partial charge on any atom is -0.341 e. The summed E-state index contributed by atoms with van der Waals surface area (Å²) < 4.78 is 2.46. The molecular weight excluding hydrogens is 328 g/mol. The summed E-state index contributed by atoms with van der Waals surface area (Å²) >= 11 is 0. The van der Waals surface area contributed by atoms with Gasteiger partial charge in [-0.15, -0.1) is 0 Å². The van der Waals surface area contributed by atoms with Gasteiger partial charge in [0.2, 0.25) is 0 Å². The summed E-state index contributed by atoms with van der Waals surface area (Å²) in [5, 5.41) is 5.59. The lowest BCUT2D eigenvalue weighted by Gasteiger charge is -2.54. The third-order valence-electron chi connectivity index (χ3n) is 8.01. The van der Waals surface area contributed by atoms with Crippen LogP contribution in [0.5, 0.6) is 0 Å². The van der Waals surface area contributed by atoms with Crippen molar-refractivity contribution in [1.29, 1.82) is 0 Å². The molecule has 0 saturated heterocycles. The number of hydrogen-bond donors (Lipinski definition) is 1. The van der Waals surface area contributed by atoms with Crippen LogP contribution in [0.4, 0.5) is 0 Å². The molecule has 2 nitrogen and oxygen atoms in total. The largest absolute Gasteiger partial charge is 0.341 e. The summed E-state index contributed by atoms with van der Waals surface area (Å²) in [6.07, 6.45) is 9.06. The van der Waals surface area contributed by atoms with Gasteiger partial charge in [-0.2, -0.15) is 0 Å². The van der Waals surface area contributed by atoms with Crippen LogP contribution in [-0.2, 0) is 13.1 Å². The normalized spacial score (nSPS) is 32.0. The van der Waals surface area contributed by atoms with Crippen molar-refractivity contribution in [2.75, 3.05) is 0 Å². The molecule has 4 fully saturated rings. The van der Waals surface area contributed by atoms with Gasteiger partial charge in [0.05, 0.1) is 5.54 Å². The van der Waals surface area contributed by atoms with Gasteiger partial charge in [0.1, 0.15) is 6.54 Å². The maximum Gasteiger partial charge on any atom is 0.102 e. The molecule has 0 aliphatic heterocycles. The molecule has 1 heterocycles. The van der Waals surface area contributed by atoms with E-state index < -0.39 is 0 Å². The molecule has 0 atom stereocenters. The molecule has 4 aliphatic carbocycles. The van der Waals surface area contributed by atoms with E-state index in [2.05, 4.69) is 59.3 Å². The van der Waals surface area contributed by atoms with Crippen molar-refractivity contribution in [3.05, 3.63) is 48.0 Å². The summed E-state index contributed by atoms with van der Waals surface area (Å²) in [6.45, 7) is 4.43. The van der Waals surface area contributed by atoms with Crippen LogP contribution in [0.25, 0.3) is 21.8 Å². The molecule has 4 saturated carbocycles. The van der Waals surface area contributed by atoms with Gasteiger partial charge >= 0.3 is 0 Å². The number of quaternary nitrogens is 1. The van der Waals surface area contributed by atoms with Crippen molar-refractivity contribution in [2.24, 2.45) is 17.8 Å². The minimum absolute atomic E-state index is 0.571. The molecule has 2 aromatic carbocycles. The Morgan fingerprint density at radius 1 is 0.889 bits per heavy atom. The second-order valence-corrected chi connectivity index (χ2v) is 9.80. The van der Waals surface area contributed by atoms with Crippen LogP contribution in [0.2, 0.25) is 0 Å². The van der Waals surface area contributed by atoms with Crippen LogP contribution in [0.3, 0.4) is 0 Å². The SMILES string of the molecule is CCn1c2ccccc2c2cc(C[NH2+]C34CC5CC(CC(C5)C3)C4)ccc21. The Morgan fingerprint density at radius 3 is 2.26 bits per heavy atom. The molecule has 0 amide bonds. The molecule has 4 bridgehead atoms. The summed E-state index contributed by atoms with van der Waals surface area (Å²) in [4.78, 5) is 0. The first-order valence-corrected chi connectivity index (χ1v) is 11.1. The standard InChI is InChI=1S/C25H30N2/c1-2-27-23-6-4-3-5-21(23)22-12-17(7-8-24(22)27)16-26-25-13-18-9-19(14-25)11-20(10-18)15-25/h3-8,12,18-20,26H,2,9-11,13-16H2,1H3/p+1. The molecule has 2 heteroatoms. The summed E-state index contributed by atoms with van der Waals surface area (Å²) in [6, 6.07) is 16.1. The highest BCUT2D eigenvalue weighted by Crippen LogP contribution is 2.54. The van der Waals surface area contributed by atoms with Gasteiger partial charge in [0.25, 0.3) is 0 Å². The van der Waals surface area contributed by atoms with Gasteiger partial charge < -0.3 is 9.88 Å². The first-order valence-electron chi connectivity index (χ1n) is 11.1. The van der Waals surface area contributed by atoms with E-state index in [1.807, 2.05) is 0 Å². The highest BCUT2D eigenvalue weighted by molar-refractivity contribution is 6.08. The van der Waals surface area contributed by atoms with Crippen LogP contribution in [0.15, 0.2) is 42.5 Å². The number of aromatic nitrogens is 1. The van der Waals surface area contributed by atoms with E-state index >= 15 is 0 Å². The van der Waals surface area contributed by atoms with Gasteiger partial charge in [-0.1, -0.05) is 24.3 Å².